The molecule has 0 aliphatic heterocycles. The molecular weight excluding hydrogens is 210 g/mol. The van der Waals surface area contributed by atoms with E-state index in [1.807, 2.05) is 17.5 Å². The van der Waals surface area contributed by atoms with Gasteiger partial charge in [-0.25, -0.2) is 4.79 Å². The highest BCUT2D eigenvalue weighted by atomic mass is 32.1. The molecule has 1 atom stereocenters. The normalized spacial score (nSPS) is 12.8. The van der Waals surface area contributed by atoms with Crippen LogP contribution in [0, 0.1) is 5.92 Å². The topological polar surface area (TPSA) is 52.3 Å². The molecule has 1 aromatic heterocycles. The molecule has 0 spiro atoms. The van der Waals surface area contributed by atoms with Crippen LogP contribution in [0.4, 0.5) is 0 Å². The van der Waals surface area contributed by atoms with Crippen LogP contribution < -0.4 is 5.73 Å². The monoisotopic (exact) mass is 227 g/mol. The second-order valence-electron chi connectivity index (χ2n) is 3.84. The zero-order chi connectivity index (χ0) is 11.3. The largest absolute Gasteiger partial charge is 0.464 e. The van der Waals surface area contributed by atoms with Crippen LogP contribution in [0.25, 0.3) is 0 Å². The van der Waals surface area contributed by atoms with Gasteiger partial charge in [0.25, 0.3) is 0 Å². The van der Waals surface area contributed by atoms with Gasteiger partial charge < -0.3 is 10.5 Å². The van der Waals surface area contributed by atoms with E-state index in [-0.39, 0.29) is 5.97 Å². The van der Waals surface area contributed by atoms with Crippen molar-refractivity contribution in [2.45, 2.75) is 26.3 Å². The Labute approximate surface area is 94.2 Å². The minimum atomic E-state index is -0.628. The van der Waals surface area contributed by atoms with Crippen molar-refractivity contribution in [3.8, 4) is 0 Å². The zero-order valence-corrected chi connectivity index (χ0v) is 9.92. The van der Waals surface area contributed by atoms with Crippen molar-refractivity contribution < 1.29 is 9.53 Å². The first kappa shape index (κ1) is 12.2. The van der Waals surface area contributed by atoms with Gasteiger partial charge in [-0.05, 0) is 23.8 Å². The van der Waals surface area contributed by atoms with Crippen molar-refractivity contribution in [1.82, 2.24) is 0 Å². The van der Waals surface area contributed by atoms with Gasteiger partial charge in [-0.15, -0.1) is 11.3 Å². The zero-order valence-electron chi connectivity index (χ0n) is 9.10. The van der Waals surface area contributed by atoms with E-state index in [4.69, 9.17) is 10.5 Å². The number of carbonyl (C=O) groups is 1. The fraction of sp³-hybridized carbons (Fsp3) is 0.545. The van der Waals surface area contributed by atoms with Gasteiger partial charge in [0.05, 0.1) is 6.61 Å². The van der Waals surface area contributed by atoms with E-state index in [1.54, 1.807) is 0 Å². The number of ether oxygens (including phenoxy) is 1. The van der Waals surface area contributed by atoms with Gasteiger partial charge in [0, 0.05) is 4.88 Å². The number of esters is 1. The summed E-state index contributed by atoms with van der Waals surface area (Å²) in [6, 6.07) is 3.09. The van der Waals surface area contributed by atoms with E-state index < -0.39 is 6.04 Å². The predicted octanol–water partition coefficient (Wildman–Crippen LogP) is 2.34. The second-order valence-corrected chi connectivity index (χ2v) is 4.82. The molecule has 4 heteroatoms. The van der Waals surface area contributed by atoms with Crippen molar-refractivity contribution in [2.24, 2.45) is 11.7 Å². The number of carbonyl (C=O) groups excluding carboxylic acids is 1. The Morgan fingerprint density at radius 3 is 2.87 bits per heavy atom. The number of rotatable bonds is 5. The SMILES string of the molecule is CC(C)CCOC(=O)C(N)c1cccs1. The summed E-state index contributed by atoms with van der Waals surface area (Å²) in [6.07, 6.45) is 0.878. The molecule has 1 aromatic rings. The summed E-state index contributed by atoms with van der Waals surface area (Å²) in [7, 11) is 0. The molecule has 0 saturated heterocycles. The Balaban J connectivity index is 2.34. The lowest BCUT2D eigenvalue weighted by Gasteiger charge is -2.10. The van der Waals surface area contributed by atoms with Gasteiger partial charge in [0.15, 0.2) is 0 Å². The van der Waals surface area contributed by atoms with E-state index >= 15 is 0 Å². The summed E-state index contributed by atoms with van der Waals surface area (Å²) in [5, 5.41) is 1.90. The van der Waals surface area contributed by atoms with Crippen LogP contribution in [0.1, 0.15) is 31.2 Å². The van der Waals surface area contributed by atoms with Crippen molar-refractivity contribution in [1.29, 1.82) is 0 Å². The number of hydrogen-bond acceptors (Lipinski definition) is 4. The van der Waals surface area contributed by atoms with Gasteiger partial charge in [0.2, 0.25) is 0 Å². The Morgan fingerprint density at radius 1 is 1.60 bits per heavy atom. The summed E-state index contributed by atoms with van der Waals surface area (Å²) in [5.41, 5.74) is 5.74. The van der Waals surface area contributed by atoms with Gasteiger partial charge in [0.1, 0.15) is 6.04 Å². The van der Waals surface area contributed by atoms with Crippen LogP contribution in [0.5, 0.6) is 0 Å². The molecule has 0 amide bonds. The van der Waals surface area contributed by atoms with Crippen LogP contribution in [-0.4, -0.2) is 12.6 Å². The lowest BCUT2D eigenvalue weighted by atomic mass is 10.1. The molecular formula is C11H17NO2S. The summed E-state index contributed by atoms with van der Waals surface area (Å²) in [4.78, 5) is 12.3. The molecule has 2 N–H and O–H groups in total. The summed E-state index contributed by atoms with van der Waals surface area (Å²) in [5.74, 6) is 0.203. The van der Waals surface area contributed by atoms with Gasteiger partial charge in [-0.1, -0.05) is 19.9 Å². The standard InChI is InChI=1S/C11H17NO2S/c1-8(2)5-6-14-11(13)10(12)9-4-3-7-15-9/h3-4,7-8,10H,5-6,12H2,1-2H3. The molecule has 1 unspecified atom stereocenters. The van der Waals surface area contributed by atoms with E-state index in [9.17, 15) is 4.79 Å². The lowest BCUT2D eigenvalue weighted by Crippen LogP contribution is -2.23. The molecule has 1 rings (SSSR count). The van der Waals surface area contributed by atoms with Crippen molar-refractivity contribution in [3.63, 3.8) is 0 Å². The molecule has 0 radical (unpaired) electrons. The van der Waals surface area contributed by atoms with Crippen molar-refractivity contribution >= 4 is 17.3 Å². The fourth-order valence-electron chi connectivity index (χ4n) is 1.07. The molecule has 1 heterocycles. The first-order chi connectivity index (χ1) is 7.11. The molecule has 0 saturated carbocycles. The second kappa shape index (κ2) is 5.88. The minimum Gasteiger partial charge on any atom is -0.464 e. The predicted molar refractivity (Wildman–Crippen MR) is 61.7 cm³/mol. The maximum Gasteiger partial charge on any atom is 0.328 e. The number of nitrogens with two attached hydrogens (primary N) is 1. The van der Waals surface area contributed by atoms with Crippen molar-refractivity contribution in [2.75, 3.05) is 6.61 Å². The van der Waals surface area contributed by atoms with Crippen LogP contribution in [0.15, 0.2) is 17.5 Å². The quantitative estimate of drug-likeness (QED) is 0.785. The highest BCUT2D eigenvalue weighted by Gasteiger charge is 2.17. The van der Waals surface area contributed by atoms with Crippen LogP contribution in [0.3, 0.4) is 0 Å². The van der Waals surface area contributed by atoms with Crippen LogP contribution in [0.2, 0.25) is 0 Å². The first-order valence-electron chi connectivity index (χ1n) is 5.07. The van der Waals surface area contributed by atoms with E-state index in [0.717, 1.165) is 11.3 Å². The third-order valence-electron chi connectivity index (χ3n) is 2.04. The third-order valence-corrected chi connectivity index (χ3v) is 3.00. The summed E-state index contributed by atoms with van der Waals surface area (Å²) in [6.45, 7) is 4.63. The highest BCUT2D eigenvalue weighted by molar-refractivity contribution is 7.10. The molecule has 0 aromatic carbocycles. The molecule has 3 nitrogen and oxygen atoms in total. The number of hydrogen-bond donors (Lipinski definition) is 1. The highest BCUT2D eigenvalue weighted by Crippen LogP contribution is 2.17. The maximum atomic E-state index is 11.5. The van der Waals surface area contributed by atoms with E-state index in [2.05, 4.69) is 13.8 Å². The molecule has 0 fully saturated rings. The third kappa shape index (κ3) is 4.01. The average molecular weight is 227 g/mol. The molecule has 0 aliphatic carbocycles. The van der Waals surface area contributed by atoms with Gasteiger partial charge >= 0.3 is 5.97 Å². The molecule has 15 heavy (non-hydrogen) atoms. The smallest absolute Gasteiger partial charge is 0.328 e. The Kier molecular flexibility index (Phi) is 4.78. The maximum absolute atomic E-state index is 11.5. The Morgan fingerprint density at radius 2 is 2.33 bits per heavy atom. The summed E-state index contributed by atoms with van der Waals surface area (Å²) >= 11 is 1.47. The Bertz CT molecular complexity index is 296. The van der Waals surface area contributed by atoms with Gasteiger partial charge in [-0.3, -0.25) is 0 Å². The summed E-state index contributed by atoms with van der Waals surface area (Å²) < 4.78 is 5.08. The molecule has 0 bridgehead atoms. The van der Waals surface area contributed by atoms with E-state index in [0.29, 0.717) is 12.5 Å². The number of thiophene rings is 1. The molecule has 84 valence electrons. The van der Waals surface area contributed by atoms with E-state index in [1.165, 1.54) is 11.3 Å². The van der Waals surface area contributed by atoms with Gasteiger partial charge in [-0.2, -0.15) is 0 Å². The lowest BCUT2D eigenvalue weighted by molar-refractivity contribution is -0.145. The van der Waals surface area contributed by atoms with Crippen LogP contribution in [-0.2, 0) is 9.53 Å². The van der Waals surface area contributed by atoms with Crippen molar-refractivity contribution in [3.05, 3.63) is 22.4 Å². The minimum absolute atomic E-state index is 0.335. The first-order valence-corrected chi connectivity index (χ1v) is 5.95. The Hall–Kier alpha value is -0.870. The average Bonchev–Trinajstić information content (AvgIpc) is 2.68. The van der Waals surface area contributed by atoms with Crippen LogP contribution >= 0.6 is 11.3 Å². The molecule has 0 aliphatic rings. The fourth-order valence-corrected chi connectivity index (χ4v) is 1.78.